The first-order valence-electron chi connectivity index (χ1n) is 6.08. The monoisotopic (exact) mass is 259 g/mol. The summed E-state index contributed by atoms with van der Waals surface area (Å²) in [5.41, 5.74) is 9.19. The van der Waals surface area contributed by atoms with Crippen LogP contribution in [0.15, 0.2) is 12.1 Å². The summed E-state index contributed by atoms with van der Waals surface area (Å²) in [6.45, 7) is 4.51. The van der Waals surface area contributed by atoms with Crippen molar-refractivity contribution in [3.8, 4) is 17.4 Å². The summed E-state index contributed by atoms with van der Waals surface area (Å²) in [6.07, 6.45) is 0.784. The summed E-state index contributed by atoms with van der Waals surface area (Å²) in [5, 5.41) is 7.97. The maximum atomic E-state index is 5.59. The standard InChI is InChI=1S/C13H17N5O/c1-8-10(6-7-14)9(2)16-13(15-8)11-4-5-12(19-3)18-17-11/h4-5H,6-7,14H2,1-3H3. The van der Waals surface area contributed by atoms with Gasteiger partial charge >= 0.3 is 0 Å². The van der Waals surface area contributed by atoms with E-state index < -0.39 is 0 Å². The van der Waals surface area contributed by atoms with Crippen molar-refractivity contribution in [3.05, 3.63) is 29.1 Å². The smallest absolute Gasteiger partial charge is 0.233 e. The van der Waals surface area contributed by atoms with Gasteiger partial charge in [-0.25, -0.2) is 9.97 Å². The molecule has 0 radical (unpaired) electrons. The predicted molar refractivity (Wildman–Crippen MR) is 71.8 cm³/mol. The van der Waals surface area contributed by atoms with Crippen LogP contribution < -0.4 is 10.5 Å². The Labute approximate surface area is 112 Å². The molecule has 6 nitrogen and oxygen atoms in total. The number of nitrogens with two attached hydrogens (primary N) is 1. The second-order valence-electron chi connectivity index (χ2n) is 4.20. The van der Waals surface area contributed by atoms with E-state index in [9.17, 15) is 0 Å². The lowest BCUT2D eigenvalue weighted by Gasteiger charge is -2.09. The molecule has 0 aliphatic carbocycles. The number of hydrogen-bond donors (Lipinski definition) is 1. The van der Waals surface area contributed by atoms with Crippen LogP contribution >= 0.6 is 0 Å². The van der Waals surface area contributed by atoms with Crippen LogP contribution in [0.3, 0.4) is 0 Å². The minimum atomic E-state index is 0.469. The summed E-state index contributed by atoms with van der Waals surface area (Å²) in [6, 6.07) is 3.53. The van der Waals surface area contributed by atoms with Gasteiger partial charge in [-0.2, -0.15) is 0 Å². The van der Waals surface area contributed by atoms with Gasteiger partial charge in [0.25, 0.3) is 0 Å². The molecular weight excluding hydrogens is 242 g/mol. The third-order valence-electron chi connectivity index (χ3n) is 2.89. The molecule has 0 atom stereocenters. The number of rotatable bonds is 4. The molecule has 2 heterocycles. The molecular formula is C13H17N5O. The maximum Gasteiger partial charge on any atom is 0.233 e. The van der Waals surface area contributed by atoms with Gasteiger partial charge in [-0.05, 0) is 38.4 Å². The van der Waals surface area contributed by atoms with E-state index in [-0.39, 0.29) is 0 Å². The van der Waals surface area contributed by atoms with Gasteiger partial charge in [0.1, 0.15) is 5.69 Å². The van der Waals surface area contributed by atoms with Crippen molar-refractivity contribution in [2.75, 3.05) is 13.7 Å². The highest BCUT2D eigenvalue weighted by atomic mass is 16.5. The third-order valence-corrected chi connectivity index (χ3v) is 2.89. The third kappa shape index (κ3) is 2.85. The summed E-state index contributed by atoms with van der Waals surface area (Å²) in [5.74, 6) is 1.04. The molecule has 0 bridgehead atoms. The normalized spacial score (nSPS) is 10.5. The molecule has 0 saturated carbocycles. The molecule has 0 unspecified atom stereocenters. The molecule has 2 aromatic heterocycles. The first kappa shape index (κ1) is 13.4. The first-order chi connectivity index (χ1) is 9.15. The van der Waals surface area contributed by atoms with Gasteiger partial charge in [0.2, 0.25) is 5.88 Å². The zero-order chi connectivity index (χ0) is 13.8. The fraction of sp³-hybridized carbons (Fsp3) is 0.385. The fourth-order valence-corrected chi connectivity index (χ4v) is 1.91. The van der Waals surface area contributed by atoms with Gasteiger partial charge in [0.05, 0.1) is 7.11 Å². The molecule has 0 aliphatic heterocycles. The van der Waals surface area contributed by atoms with Crippen LogP contribution in [0.4, 0.5) is 0 Å². The van der Waals surface area contributed by atoms with Crippen LogP contribution in [0, 0.1) is 13.8 Å². The van der Waals surface area contributed by atoms with Crippen molar-refractivity contribution in [3.63, 3.8) is 0 Å². The highest BCUT2D eigenvalue weighted by Gasteiger charge is 2.10. The average Bonchev–Trinajstić information content (AvgIpc) is 2.43. The first-order valence-corrected chi connectivity index (χ1v) is 6.08. The predicted octanol–water partition coefficient (Wildman–Crippen LogP) is 1.06. The minimum absolute atomic E-state index is 0.469. The Morgan fingerprint density at radius 3 is 2.26 bits per heavy atom. The van der Waals surface area contributed by atoms with Gasteiger partial charge < -0.3 is 10.5 Å². The van der Waals surface area contributed by atoms with Gasteiger partial charge in [-0.1, -0.05) is 0 Å². The molecule has 2 aromatic rings. The van der Waals surface area contributed by atoms with Crippen molar-refractivity contribution in [1.29, 1.82) is 0 Å². The van der Waals surface area contributed by atoms with Crippen LogP contribution in [0.1, 0.15) is 17.0 Å². The van der Waals surface area contributed by atoms with Crippen molar-refractivity contribution in [2.45, 2.75) is 20.3 Å². The zero-order valence-corrected chi connectivity index (χ0v) is 11.3. The van der Waals surface area contributed by atoms with Gasteiger partial charge in [0, 0.05) is 17.5 Å². The van der Waals surface area contributed by atoms with Crippen LogP contribution in [0.5, 0.6) is 5.88 Å². The Balaban J connectivity index is 2.39. The molecule has 0 saturated heterocycles. The SMILES string of the molecule is COc1ccc(-c2nc(C)c(CCN)c(C)n2)nn1. The summed E-state index contributed by atoms with van der Waals surface area (Å²) < 4.78 is 4.98. The van der Waals surface area contributed by atoms with E-state index in [0.29, 0.717) is 23.9 Å². The number of aromatic nitrogens is 4. The quantitative estimate of drug-likeness (QED) is 0.883. The molecule has 0 fully saturated rings. The Bertz CT molecular complexity index is 545. The Hall–Kier alpha value is -2.08. The largest absolute Gasteiger partial charge is 0.480 e. The van der Waals surface area contributed by atoms with Gasteiger partial charge in [0.15, 0.2) is 5.82 Å². The van der Waals surface area contributed by atoms with E-state index in [2.05, 4.69) is 20.2 Å². The van der Waals surface area contributed by atoms with Crippen LogP contribution in [0.25, 0.3) is 11.5 Å². The van der Waals surface area contributed by atoms with E-state index in [1.54, 1.807) is 19.2 Å². The van der Waals surface area contributed by atoms with Crippen LogP contribution in [-0.2, 0) is 6.42 Å². The summed E-state index contributed by atoms with van der Waals surface area (Å²) in [7, 11) is 1.55. The van der Waals surface area contributed by atoms with E-state index in [1.807, 2.05) is 13.8 Å². The van der Waals surface area contributed by atoms with E-state index in [1.165, 1.54) is 0 Å². The minimum Gasteiger partial charge on any atom is -0.480 e. The maximum absolute atomic E-state index is 5.59. The highest BCUT2D eigenvalue weighted by Crippen LogP contribution is 2.18. The number of hydrogen-bond acceptors (Lipinski definition) is 6. The second-order valence-corrected chi connectivity index (χ2v) is 4.20. The Morgan fingerprint density at radius 2 is 1.79 bits per heavy atom. The van der Waals surface area contributed by atoms with Crippen LogP contribution in [0.2, 0.25) is 0 Å². The molecule has 19 heavy (non-hydrogen) atoms. The second kappa shape index (κ2) is 5.71. The molecule has 2 rings (SSSR count). The number of nitrogens with zero attached hydrogens (tertiary/aromatic N) is 4. The van der Waals surface area contributed by atoms with Crippen molar-refractivity contribution < 1.29 is 4.74 Å². The molecule has 0 aromatic carbocycles. The number of aryl methyl sites for hydroxylation is 2. The summed E-state index contributed by atoms with van der Waals surface area (Å²) >= 11 is 0. The Morgan fingerprint density at radius 1 is 1.11 bits per heavy atom. The number of ether oxygens (including phenoxy) is 1. The fourth-order valence-electron chi connectivity index (χ4n) is 1.91. The van der Waals surface area contributed by atoms with Crippen molar-refractivity contribution in [1.82, 2.24) is 20.2 Å². The molecule has 0 spiro atoms. The lowest BCUT2D eigenvalue weighted by Crippen LogP contribution is -2.09. The lowest BCUT2D eigenvalue weighted by atomic mass is 10.1. The van der Waals surface area contributed by atoms with E-state index in [0.717, 1.165) is 23.4 Å². The summed E-state index contributed by atoms with van der Waals surface area (Å²) in [4.78, 5) is 8.94. The van der Waals surface area contributed by atoms with E-state index >= 15 is 0 Å². The van der Waals surface area contributed by atoms with Crippen LogP contribution in [-0.4, -0.2) is 33.8 Å². The lowest BCUT2D eigenvalue weighted by molar-refractivity contribution is 0.392. The van der Waals surface area contributed by atoms with Gasteiger partial charge in [-0.15, -0.1) is 10.2 Å². The van der Waals surface area contributed by atoms with Crippen molar-refractivity contribution in [2.24, 2.45) is 5.73 Å². The molecule has 0 amide bonds. The molecule has 0 aliphatic rings. The Kier molecular flexibility index (Phi) is 4.01. The molecule has 2 N–H and O–H groups in total. The molecule has 6 heteroatoms. The van der Waals surface area contributed by atoms with Crippen molar-refractivity contribution >= 4 is 0 Å². The molecule has 100 valence electrons. The topological polar surface area (TPSA) is 86.8 Å². The van der Waals surface area contributed by atoms with Gasteiger partial charge in [-0.3, -0.25) is 0 Å². The number of methoxy groups -OCH3 is 1. The van der Waals surface area contributed by atoms with E-state index in [4.69, 9.17) is 10.5 Å². The average molecular weight is 259 g/mol. The highest BCUT2D eigenvalue weighted by molar-refractivity contribution is 5.50. The zero-order valence-electron chi connectivity index (χ0n) is 11.3.